The number of amides is 1. The van der Waals surface area contributed by atoms with Crippen molar-refractivity contribution in [2.45, 2.75) is 13.0 Å². The number of hydrogen-bond acceptors (Lipinski definition) is 2. The van der Waals surface area contributed by atoms with Crippen molar-refractivity contribution in [2.75, 3.05) is 0 Å². The van der Waals surface area contributed by atoms with Gasteiger partial charge in [-0.3, -0.25) is 9.48 Å². The quantitative estimate of drug-likeness (QED) is 0.659. The predicted molar refractivity (Wildman–Crippen MR) is 97.6 cm³/mol. The van der Waals surface area contributed by atoms with E-state index in [0.717, 1.165) is 14.8 Å². The fraction of sp³-hybridized carbons (Fsp3) is 0.176. The fourth-order valence-electron chi connectivity index (χ4n) is 2.46. The molecule has 0 saturated heterocycles. The van der Waals surface area contributed by atoms with Crippen molar-refractivity contribution in [3.63, 3.8) is 0 Å². The fourth-order valence-corrected chi connectivity index (χ4v) is 3.17. The Balaban J connectivity index is 1.73. The van der Waals surface area contributed by atoms with Crippen molar-refractivity contribution in [1.29, 1.82) is 0 Å². The van der Waals surface area contributed by atoms with Gasteiger partial charge in [0.05, 0.1) is 15.8 Å². The SMILES string of the molecule is CC(NC(=O)c1c(I)cnn1C)c1ccc(-n2cccc2)cc1. The summed E-state index contributed by atoms with van der Waals surface area (Å²) < 4.78 is 4.49. The molecule has 1 amide bonds. The molecule has 0 aliphatic rings. The van der Waals surface area contributed by atoms with Gasteiger partial charge in [-0.15, -0.1) is 0 Å². The molecule has 1 atom stereocenters. The topological polar surface area (TPSA) is 51.9 Å². The summed E-state index contributed by atoms with van der Waals surface area (Å²) in [4.78, 5) is 12.4. The van der Waals surface area contributed by atoms with Crippen LogP contribution >= 0.6 is 22.6 Å². The average Bonchev–Trinajstić information content (AvgIpc) is 3.17. The van der Waals surface area contributed by atoms with Crippen LogP contribution in [0.25, 0.3) is 5.69 Å². The number of carbonyl (C=O) groups excluding carboxylic acids is 1. The number of benzene rings is 1. The summed E-state index contributed by atoms with van der Waals surface area (Å²) >= 11 is 2.12. The van der Waals surface area contributed by atoms with Crippen LogP contribution in [0.1, 0.15) is 29.0 Å². The van der Waals surface area contributed by atoms with E-state index in [4.69, 9.17) is 0 Å². The standard InChI is InChI=1S/C17H17IN4O/c1-12(20-17(23)16-15(18)11-19-21(16)2)13-5-7-14(8-6-13)22-9-3-4-10-22/h3-12H,1-2H3,(H,20,23). The molecule has 0 spiro atoms. The second-order valence-electron chi connectivity index (χ2n) is 5.34. The maximum atomic E-state index is 12.4. The minimum Gasteiger partial charge on any atom is -0.344 e. The molecule has 0 bridgehead atoms. The van der Waals surface area contributed by atoms with Gasteiger partial charge in [-0.25, -0.2) is 0 Å². The molecular formula is C17H17IN4O. The molecular weight excluding hydrogens is 403 g/mol. The lowest BCUT2D eigenvalue weighted by Crippen LogP contribution is -2.29. The lowest BCUT2D eigenvalue weighted by Gasteiger charge is -2.15. The van der Waals surface area contributed by atoms with Crippen LogP contribution in [0, 0.1) is 3.57 Å². The molecule has 0 saturated carbocycles. The third-order valence-electron chi connectivity index (χ3n) is 3.75. The van der Waals surface area contributed by atoms with Crippen LogP contribution in [-0.2, 0) is 7.05 Å². The first kappa shape index (κ1) is 15.8. The van der Waals surface area contributed by atoms with Crippen LogP contribution in [0.15, 0.2) is 55.0 Å². The van der Waals surface area contributed by atoms with Crippen molar-refractivity contribution in [3.05, 3.63) is 69.8 Å². The van der Waals surface area contributed by atoms with Crippen molar-refractivity contribution in [2.24, 2.45) is 7.05 Å². The van der Waals surface area contributed by atoms with Gasteiger partial charge in [0, 0.05) is 25.1 Å². The molecule has 0 radical (unpaired) electrons. The molecule has 2 heterocycles. The number of carbonyl (C=O) groups is 1. The zero-order chi connectivity index (χ0) is 16.4. The summed E-state index contributed by atoms with van der Waals surface area (Å²) in [5.74, 6) is -0.114. The van der Waals surface area contributed by atoms with E-state index >= 15 is 0 Å². The Bertz CT molecular complexity index is 786. The van der Waals surface area contributed by atoms with E-state index in [1.807, 2.05) is 60.3 Å². The average molecular weight is 420 g/mol. The first-order valence-corrected chi connectivity index (χ1v) is 8.36. The second-order valence-corrected chi connectivity index (χ2v) is 6.50. The van der Waals surface area contributed by atoms with Crippen LogP contribution in [0.3, 0.4) is 0 Å². The van der Waals surface area contributed by atoms with E-state index in [2.05, 4.69) is 33.0 Å². The minimum atomic E-state index is -0.114. The number of nitrogens with zero attached hydrogens (tertiary/aromatic N) is 3. The summed E-state index contributed by atoms with van der Waals surface area (Å²) in [6.07, 6.45) is 5.70. The van der Waals surface area contributed by atoms with Gasteiger partial charge in [0.25, 0.3) is 5.91 Å². The van der Waals surface area contributed by atoms with E-state index in [0.29, 0.717) is 5.69 Å². The zero-order valence-corrected chi connectivity index (χ0v) is 15.1. The largest absolute Gasteiger partial charge is 0.344 e. The normalized spacial score (nSPS) is 12.1. The Labute approximate surface area is 148 Å². The van der Waals surface area contributed by atoms with Crippen LogP contribution in [-0.4, -0.2) is 20.3 Å². The molecule has 5 nitrogen and oxygen atoms in total. The lowest BCUT2D eigenvalue weighted by molar-refractivity contribution is 0.0929. The van der Waals surface area contributed by atoms with Crippen LogP contribution in [0.4, 0.5) is 0 Å². The van der Waals surface area contributed by atoms with Gasteiger partial charge in [0.2, 0.25) is 0 Å². The highest BCUT2D eigenvalue weighted by Crippen LogP contribution is 2.17. The van der Waals surface area contributed by atoms with Crippen molar-refractivity contribution in [3.8, 4) is 5.69 Å². The number of hydrogen-bond donors (Lipinski definition) is 1. The summed E-state index contributed by atoms with van der Waals surface area (Å²) in [6.45, 7) is 1.98. The second kappa shape index (κ2) is 6.57. The van der Waals surface area contributed by atoms with Crippen LogP contribution in [0.5, 0.6) is 0 Å². The first-order chi connectivity index (χ1) is 11.1. The molecule has 118 valence electrons. The number of aryl methyl sites for hydroxylation is 1. The van der Waals surface area contributed by atoms with Gasteiger partial charge in [-0.05, 0) is 59.3 Å². The molecule has 2 aromatic heterocycles. The molecule has 0 aliphatic heterocycles. The van der Waals surface area contributed by atoms with E-state index in [9.17, 15) is 4.79 Å². The van der Waals surface area contributed by atoms with Crippen molar-refractivity contribution < 1.29 is 4.79 Å². The molecule has 1 N–H and O–H groups in total. The zero-order valence-electron chi connectivity index (χ0n) is 12.9. The summed E-state index contributed by atoms with van der Waals surface area (Å²) in [5.41, 5.74) is 2.74. The predicted octanol–water partition coefficient (Wildman–Crippen LogP) is 3.31. The number of rotatable bonds is 4. The molecule has 0 fully saturated rings. The Morgan fingerprint density at radius 2 is 1.87 bits per heavy atom. The Morgan fingerprint density at radius 3 is 2.43 bits per heavy atom. The first-order valence-electron chi connectivity index (χ1n) is 7.28. The number of halogens is 1. The number of nitrogens with one attached hydrogen (secondary N) is 1. The smallest absolute Gasteiger partial charge is 0.271 e. The minimum absolute atomic E-state index is 0.0769. The van der Waals surface area contributed by atoms with Gasteiger partial charge >= 0.3 is 0 Å². The van der Waals surface area contributed by atoms with Gasteiger partial charge in [0.15, 0.2) is 0 Å². The van der Waals surface area contributed by atoms with E-state index in [1.165, 1.54) is 0 Å². The molecule has 1 aromatic carbocycles. The van der Waals surface area contributed by atoms with Gasteiger partial charge in [-0.1, -0.05) is 12.1 Å². The number of aromatic nitrogens is 3. The Morgan fingerprint density at radius 1 is 1.22 bits per heavy atom. The van der Waals surface area contributed by atoms with Crippen molar-refractivity contribution >= 4 is 28.5 Å². The van der Waals surface area contributed by atoms with Gasteiger partial charge in [0.1, 0.15) is 5.69 Å². The molecule has 0 aliphatic carbocycles. The highest BCUT2D eigenvalue weighted by Gasteiger charge is 2.17. The van der Waals surface area contributed by atoms with E-state index in [1.54, 1.807) is 17.9 Å². The maximum absolute atomic E-state index is 12.4. The Kier molecular flexibility index (Phi) is 4.51. The maximum Gasteiger partial charge on any atom is 0.271 e. The summed E-state index contributed by atoms with van der Waals surface area (Å²) in [7, 11) is 1.77. The highest BCUT2D eigenvalue weighted by molar-refractivity contribution is 14.1. The third-order valence-corrected chi connectivity index (χ3v) is 4.54. The highest BCUT2D eigenvalue weighted by atomic mass is 127. The summed E-state index contributed by atoms with van der Waals surface area (Å²) in [5, 5.41) is 7.13. The molecule has 1 unspecified atom stereocenters. The monoisotopic (exact) mass is 420 g/mol. The van der Waals surface area contributed by atoms with Gasteiger partial charge < -0.3 is 9.88 Å². The lowest BCUT2D eigenvalue weighted by atomic mass is 10.1. The summed E-state index contributed by atoms with van der Waals surface area (Å²) in [6, 6.07) is 12.1. The molecule has 6 heteroatoms. The Hall–Kier alpha value is -2.09. The van der Waals surface area contributed by atoms with E-state index < -0.39 is 0 Å². The van der Waals surface area contributed by atoms with Gasteiger partial charge in [-0.2, -0.15) is 5.10 Å². The van der Waals surface area contributed by atoms with Crippen LogP contribution in [0.2, 0.25) is 0 Å². The van der Waals surface area contributed by atoms with Crippen LogP contribution < -0.4 is 5.32 Å². The third kappa shape index (κ3) is 3.31. The van der Waals surface area contributed by atoms with Crippen molar-refractivity contribution in [1.82, 2.24) is 19.7 Å². The van der Waals surface area contributed by atoms with E-state index in [-0.39, 0.29) is 11.9 Å². The molecule has 3 aromatic rings. The molecule has 23 heavy (non-hydrogen) atoms. The molecule has 3 rings (SSSR count).